The van der Waals surface area contributed by atoms with Crippen LogP contribution in [-0.4, -0.2) is 54.5 Å². The highest BCUT2D eigenvalue weighted by atomic mass is 32.2. The van der Waals surface area contributed by atoms with Crippen LogP contribution in [0.1, 0.15) is 24.2 Å². The van der Waals surface area contributed by atoms with Gasteiger partial charge in [-0.2, -0.15) is 0 Å². The number of benzene rings is 1. The highest BCUT2D eigenvalue weighted by molar-refractivity contribution is 7.88. The molecule has 0 spiro atoms. The molecule has 1 fully saturated rings. The fourth-order valence-electron chi connectivity index (χ4n) is 3.30. The summed E-state index contributed by atoms with van der Waals surface area (Å²) >= 11 is 0. The van der Waals surface area contributed by atoms with Crippen molar-refractivity contribution in [2.24, 2.45) is 5.92 Å². The third kappa shape index (κ3) is 4.58. The second-order valence-corrected chi connectivity index (χ2v) is 8.77. The highest BCUT2D eigenvalue weighted by Crippen LogP contribution is 2.18. The van der Waals surface area contributed by atoms with Crippen LogP contribution in [-0.2, 0) is 21.2 Å². The number of carbonyl (C=O) groups excluding carboxylic acids is 1. The SMILES string of the molecule is Cc1nc2ccc(CC(=O)NC[C@H]3CCCN(S(C)(=O)=O)C3)cc2[nH]1. The Balaban J connectivity index is 1.53. The zero-order valence-corrected chi connectivity index (χ0v) is 15.4. The van der Waals surface area contributed by atoms with Gasteiger partial charge >= 0.3 is 0 Å². The first-order chi connectivity index (χ1) is 11.8. The topological polar surface area (TPSA) is 95.2 Å². The molecule has 3 rings (SSSR count). The molecule has 0 bridgehead atoms. The summed E-state index contributed by atoms with van der Waals surface area (Å²) in [5.41, 5.74) is 2.75. The molecule has 1 atom stereocenters. The van der Waals surface area contributed by atoms with Gasteiger partial charge in [0.15, 0.2) is 0 Å². The van der Waals surface area contributed by atoms with Crippen molar-refractivity contribution in [2.45, 2.75) is 26.2 Å². The molecular weight excluding hydrogens is 340 g/mol. The molecule has 7 nitrogen and oxygen atoms in total. The lowest BCUT2D eigenvalue weighted by Crippen LogP contribution is -2.43. The number of sulfonamides is 1. The third-order valence-corrected chi connectivity index (χ3v) is 5.84. The van der Waals surface area contributed by atoms with Crippen molar-refractivity contribution < 1.29 is 13.2 Å². The van der Waals surface area contributed by atoms with E-state index in [4.69, 9.17) is 0 Å². The van der Waals surface area contributed by atoms with Crippen molar-refractivity contribution in [2.75, 3.05) is 25.9 Å². The van der Waals surface area contributed by atoms with Crippen molar-refractivity contribution in [3.63, 3.8) is 0 Å². The maximum Gasteiger partial charge on any atom is 0.224 e. The van der Waals surface area contributed by atoms with Crippen molar-refractivity contribution in [1.82, 2.24) is 19.6 Å². The quantitative estimate of drug-likeness (QED) is 0.833. The Labute approximate surface area is 147 Å². The molecule has 1 aliphatic rings. The van der Waals surface area contributed by atoms with Gasteiger partial charge in [0.05, 0.1) is 23.7 Å². The van der Waals surface area contributed by atoms with Crippen molar-refractivity contribution in [3.05, 3.63) is 29.6 Å². The second-order valence-electron chi connectivity index (χ2n) is 6.78. The Hall–Kier alpha value is -1.93. The first-order valence-electron chi connectivity index (χ1n) is 8.48. The molecule has 1 amide bonds. The van der Waals surface area contributed by atoms with Gasteiger partial charge in [0, 0.05) is 19.6 Å². The lowest BCUT2D eigenvalue weighted by Gasteiger charge is -2.30. The minimum atomic E-state index is -3.15. The van der Waals surface area contributed by atoms with Crippen LogP contribution < -0.4 is 5.32 Å². The number of aryl methyl sites for hydroxylation is 1. The maximum atomic E-state index is 12.2. The molecule has 1 aromatic heterocycles. The molecule has 2 N–H and O–H groups in total. The van der Waals surface area contributed by atoms with Gasteiger partial charge in [-0.1, -0.05) is 6.07 Å². The number of amides is 1. The number of rotatable bonds is 5. The Kier molecular flexibility index (Phi) is 5.10. The van der Waals surface area contributed by atoms with Crippen LogP contribution in [0.25, 0.3) is 11.0 Å². The lowest BCUT2D eigenvalue weighted by atomic mass is 9.99. The number of H-pyrrole nitrogens is 1. The first-order valence-corrected chi connectivity index (χ1v) is 10.3. The molecule has 2 heterocycles. The van der Waals surface area contributed by atoms with Crippen molar-refractivity contribution in [1.29, 1.82) is 0 Å². The monoisotopic (exact) mass is 364 g/mol. The van der Waals surface area contributed by atoms with E-state index in [9.17, 15) is 13.2 Å². The van der Waals surface area contributed by atoms with Gasteiger partial charge in [0.2, 0.25) is 15.9 Å². The van der Waals surface area contributed by atoms with E-state index in [0.717, 1.165) is 35.3 Å². The van der Waals surface area contributed by atoms with E-state index in [0.29, 0.717) is 26.1 Å². The summed E-state index contributed by atoms with van der Waals surface area (Å²) in [5.74, 6) is 0.974. The minimum absolute atomic E-state index is 0.0490. The van der Waals surface area contributed by atoms with Crippen molar-refractivity contribution in [3.8, 4) is 0 Å². The standard InChI is InChI=1S/C17H24N4O3S/c1-12-19-15-6-5-13(8-16(15)20-12)9-17(22)18-10-14-4-3-7-21(11-14)25(2,23)24/h5-6,8,14H,3-4,7,9-11H2,1-2H3,(H,18,22)(H,19,20)/t14-/m1/s1. The zero-order valence-electron chi connectivity index (χ0n) is 14.6. The van der Waals surface area contributed by atoms with E-state index in [2.05, 4.69) is 15.3 Å². The highest BCUT2D eigenvalue weighted by Gasteiger charge is 2.25. The van der Waals surface area contributed by atoms with Crippen LogP contribution in [0.5, 0.6) is 0 Å². The fraction of sp³-hybridized carbons (Fsp3) is 0.529. The first kappa shape index (κ1) is 17.9. The number of carbonyl (C=O) groups is 1. The van der Waals surface area contributed by atoms with Crippen LogP contribution >= 0.6 is 0 Å². The molecule has 0 aliphatic carbocycles. The summed E-state index contributed by atoms with van der Waals surface area (Å²) in [4.78, 5) is 19.7. The molecule has 136 valence electrons. The lowest BCUT2D eigenvalue weighted by molar-refractivity contribution is -0.120. The number of hydrogen-bond donors (Lipinski definition) is 2. The van der Waals surface area contributed by atoms with Gasteiger partial charge < -0.3 is 10.3 Å². The van der Waals surface area contributed by atoms with Gasteiger partial charge in [-0.25, -0.2) is 17.7 Å². The predicted octanol–water partition coefficient (Wildman–Crippen LogP) is 1.20. The molecule has 8 heteroatoms. The van der Waals surface area contributed by atoms with Gasteiger partial charge in [0.1, 0.15) is 5.82 Å². The van der Waals surface area contributed by atoms with E-state index in [1.165, 1.54) is 10.6 Å². The van der Waals surface area contributed by atoms with E-state index in [1.54, 1.807) is 0 Å². The molecule has 25 heavy (non-hydrogen) atoms. The predicted molar refractivity (Wildman–Crippen MR) is 96.7 cm³/mol. The van der Waals surface area contributed by atoms with Crippen LogP contribution in [0.4, 0.5) is 0 Å². The fourth-order valence-corrected chi connectivity index (χ4v) is 4.24. The van der Waals surface area contributed by atoms with Crippen molar-refractivity contribution >= 4 is 27.0 Å². The summed E-state index contributed by atoms with van der Waals surface area (Å²) in [5, 5.41) is 2.94. The molecule has 1 saturated heterocycles. The van der Waals surface area contributed by atoms with Gasteiger partial charge in [-0.15, -0.1) is 0 Å². The number of fused-ring (bicyclic) bond motifs is 1. The maximum absolute atomic E-state index is 12.2. The molecule has 0 unspecified atom stereocenters. The Morgan fingerprint density at radius 2 is 2.24 bits per heavy atom. The minimum Gasteiger partial charge on any atom is -0.355 e. The van der Waals surface area contributed by atoms with Crippen LogP contribution in [0.15, 0.2) is 18.2 Å². The number of hydrogen-bond acceptors (Lipinski definition) is 4. The smallest absolute Gasteiger partial charge is 0.224 e. The normalized spacial score (nSPS) is 19.2. The zero-order chi connectivity index (χ0) is 18.0. The average molecular weight is 364 g/mol. The number of aromatic amines is 1. The summed E-state index contributed by atoms with van der Waals surface area (Å²) in [6.45, 7) is 3.47. The van der Waals surface area contributed by atoms with E-state index in [-0.39, 0.29) is 11.8 Å². The summed E-state index contributed by atoms with van der Waals surface area (Å²) in [6, 6.07) is 5.77. The molecule has 0 radical (unpaired) electrons. The molecule has 2 aromatic rings. The summed E-state index contributed by atoms with van der Waals surface area (Å²) < 4.78 is 24.8. The molecule has 0 saturated carbocycles. The van der Waals surface area contributed by atoms with Gasteiger partial charge in [0.25, 0.3) is 0 Å². The van der Waals surface area contributed by atoms with E-state index in [1.807, 2.05) is 25.1 Å². The summed E-state index contributed by atoms with van der Waals surface area (Å²) in [6.07, 6.45) is 3.31. The Bertz CT molecular complexity index is 875. The van der Waals surface area contributed by atoms with Crippen LogP contribution in [0.2, 0.25) is 0 Å². The number of nitrogens with one attached hydrogen (secondary N) is 2. The van der Waals surface area contributed by atoms with Crippen LogP contribution in [0, 0.1) is 12.8 Å². The number of piperidine rings is 1. The Morgan fingerprint density at radius 1 is 1.44 bits per heavy atom. The number of imidazole rings is 1. The molecular formula is C17H24N4O3S. The van der Waals surface area contributed by atoms with Crippen LogP contribution in [0.3, 0.4) is 0 Å². The van der Waals surface area contributed by atoms with E-state index < -0.39 is 10.0 Å². The Morgan fingerprint density at radius 3 is 3.00 bits per heavy atom. The number of nitrogens with zero attached hydrogens (tertiary/aromatic N) is 2. The second kappa shape index (κ2) is 7.13. The number of aromatic nitrogens is 2. The largest absolute Gasteiger partial charge is 0.355 e. The molecule has 1 aromatic carbocycles. The van der Waals surface area contributed by atoms with Gasteiger partial charge in [-0.05, 0) is 43.4 Å². The molecule has 1 aliphatic heterocycles. The van der Waals surface area contributed by atoms with Gasteiger partial charge in [-0.3, -0.25) is 4.79 Å². The average Bonchev–Trinajstić information content (AvgIpc) is 2.92. The summed E-state index contributed by atoms with van der Waals surface area (Å²) in [7, 11) is -3.15. The van der Waals surface area contributed by atoms with E-state index >= 15 is 0 Å². The third-order valence-electron chi connectivity index (χ3n) is 4.57.